The number of carbonyl (C=O) groups is 1. The Morgan fingerprint density at radius 2 is 1.71 bits per heavy atom. The van der Waals surface area contributed by atoms with Gasteiger partial charge < -0.3 is 9.84 Å². The summed E-state index contributed by atoms with van der Waals surface area (Å²) in [6, 6.07) is 12.7. The number of hydrogen-bond acceptors (Lipinski definition) is 2. The number of para-hydroxylation sites is 1. The third kappa shape index (κ3) is 3.43. The second kappa shape index (κ2) is 5.60. The number of hydrogen-bond donors (Lipinski definition) is 1. The molecule has 0 unspecified atom stereocenters. The van der Waals surface area contributed by atoms with Crippen LogP contribution in [0.1, 0.15) is 42.3 Å². The van der Waals surface area contributed by atoms with Crippen LogP contribution in [0.15, 0.2) is 42.5 Å². The smallest absolute Gasteiger partial charge is 0.339 e. The lowest BCUT2D eigenvalue weighted by Crippen LogP contribution is -2.13. The van der Waals surface area contributed by atoms with Gasteiger partial charge in [-0.25, -0.2) is 4.79 Å². The molecule has 0 radical (unpaired) electrons. The molecule has 0 atom stereocenters. The molecule has 1 N–H and O–H groups in total. The molecule has 21 heavy (non-hydrogen) atoms. The van der Waals surface area contributed by atoms with Gasteiger partial charge in [0.05, 0.1) is 0 Å². The molecule has 0 spiro atoms. The van der Waals surface area contributed by atoms with E-state index >= 15 is 0 Å². The fourth-order valence-electron chi connectivity index (χ4n) is 2.18. The Bertz CT molecular complexity index is 666. The molecule has 110 valence electrons. The zero-order chi connectivity index (χ0) is 15.6. The summed E-state index contributed by atoms with van der Waals surface area (Å²) in [5, 5.41) is 9.25. The highest BCUT2D eigenvalue weighted by Gasteiger charge is 2.20. The number of benzene rings is 2. The predicted molar refractivity (Wildman–Crippen MR) is 83.4 cm³/mol. The summed E-state index contributed by atoms with van der Waals surface area (Å²) in [7, 11) is 0. The highest BCUT2D eigenvalue weighted by Crippen LogP contribution is 2.35. The highest BCUT2D eigenvalue weighted by molar-refractivity contribution is 5.90. The second-order valence-electron chi connectivity index (χ2n) is 6.15. The molecule has 0 aliphatic rings. The topological polar surface area (TPSA) is 46.5 Å². The first-order chi connectivity index (χ1) is 9.79. The normalized spacial score (nSPS) is 11.2. The van der Waals surface area contributed by atoms with Crippen molar-refractivity contribution in [1.29, 1.82) is 0 Å². The molecule has 0 bridgehead atoms. The van der Waals surface area contributed by atoms with Crippen molar-refractivity contribution in [3.8, 4) is 11.5 Å². The number of rotatable bonds is 3. The molecule has 0 saturated heterocycles. The van der Waals surface area contributed by atoms with Gasteiger partial charge in [-0.1, -0.05) is 45.0 Å². The van der Waals surface area contributed by atoms with Gasteiger partial charge >= 0.3 is 5.97 Å². The Morgan fingerprint density at radius 3 is 2.33 bits per heavy atom. The molecular weight excluding hydrogens is 264 g/mol. The minimum atomic E-state index is -0.990. The first-order valence-corrected chi connectivity index (χ1v) is 6.90. The molecule has 0 amide bonds. The van der Waals surface area contributed by atoms with Crippen LogP contribution >= 0.6 is 0 Å². The average Bonchev–Trinajstić information content (AvgIpc) is 2.37. The van der Waals surface area contributed by atoms with Gasteiger partial charge in [-0.15, -0.1) is 0 Å². The van der Waals surface area contributed by atoms with Crippen molar-refractivity contribution in [2.24, 2.45) is 0 Å². The lowest BCUT2D eigenvalue weighted by Gasteiger charge is -2.23. The quantitative estimate of drug-likeness (QED) is 0.882. The maximum atomic E-state index is 11.3. The average molecular weight is 284 g/mol. The largest absolute Gasteiger partial charge is 0.478 e. The van der Waals surface area contributed by atoms with E-state index in [1.54, 1.807) is 24.3 Å². The van der Waals surface area contributed by atoms with Crippen molar-refractivity contribution in [3.63, 3.8) is 0 Å². The summed E-state index contributed by atoms with van der Waals surface area (Å²) in [5.74, 6) is 0.0767. The van der Waals surface area contributed by atoms with Crippen molar-refractivity contribution in [2.75, 3.05) is 0 Å². The van der Waals surface area contributed by atoms with Gasteiger partial charge in [0.2, 0.25) is 0 Å². The molecule has 2 rings (SSSR count). The van der Waals surface area contributed by atoms with Crippen LogP contribution in [0.5, 0.6) is 11.5 Å². The summed E-state index contributed by atoms with van der Waals surface area (Å²) in [6.07, 6.45) is 0. The van der Waals surface area contributed by atoms with Crippen molar-refractivity contribution < 1.29 is 14.6 Å². The summed E-state index contributed by atoms with van der Waals surface area (Å²) in [5.41, 5.74) is 2.21. The molecule has 3 nitrogen and oxygen atoms in total. The number of aromatic carboxylic acids is 1. The Labute approximate surface area is 125 Å². The second-order valence-corrected chi connectivity index (χ2v) is 6.15. The fourth-order valence-corrected chi connectivity index (χ4v) is 2.18. The van der Waals surface area contributed by atoms with E-state index in [0.29, 0.717) is 11.5 Å². The van der Waals surface area contributed by atoms with Crippen LogP contribution in [-0.2, 0) is 5.41 Å². The minimum absolute atomic E-state index is 0.0821. The maximum Gasteiger partial charge on any atom is 0.339 e. The van der Waals surface area contributed by atoms with E-state index in [0.717, 1.165) is 11.1 Å². The molecule has 0 aliphatic carbocycles. The Morgan fingerprint density at radius 1 is 1.05 bits per heavy atom. The molecule has 0 aromatic heterocycles. The van der Waals surface area contributed by atoms with E-state index in [4.69, 9.17) is 4.74 Å². The third-order valence-electron chi connectivity index (χ3n) is 3.28. The van der Waals surface area contributed by atoms with Gasteiger partial charge in [0.25, 0.3) is 0 Å². The lowest BCUT2D eigenvalue weighted by atomic mass is 9.86. The SMILES string of the molecule is Cc1ccc(C(C)(C)C)c(Oc2ccccc2C(=O)O)c1. The maximum absolute atomic E-state index is 11.3. The molecule has 0 saturated carbocycles. The van der Waals surface area contributed by atoms with Gasteiger partial charge in [0.1, 0.15) is 17.1 Å². The monoisotopic (exact) mass is 284 g/mol. The molecular formula is C18H20O3. The van der Waals surface area contributed by atoms with Crippen LogP contribution in [-0.4, -0.2) is 11.1 Å². The first kappa shape index (κ1) is 15.1. The van der Waals surface area contributed by atoms with E-state index in [9.17, 15) is 9.90 Å². The number of carboxylic acid groups (broad SMARTS) is 1. The van der Waals surface area contributed by atoms with Gasteiger partial charge in [0.15, 0.2) is 0 Å². The van der Waals surface area contributed by atoms with Crippen LogP contribution in [0, 0.1) is 6.92 Å². The summed E-state index contributed by atoms with van der Waals surface area (Å²) >= 11 is 0. The van der Waals surface area contributed by atoms with E-state index < -0.39 is 5.97 Å². The number of carboxylic acids is 1. The van der Waals surface area contributed by atoms with Crippen LogP contribution < -0.4 is 4.74 Å². The van der Waals surface area contributed by atoms with E-state index in [-0.39, 0.29) is 11.0 Å². The molecule has 0 fully saturated rings. The van der Waals surface area contributed by atoms with Crippen molar-refractivity contribution in [1.82, 2.24) is 0 Å². The van der Waals surface area contributed by atoms with E-state index in [1.165, 1.54) is 0 Å². The fraction of sp³-hybridized carbons (Fsp3) is 0.278. The van der Waals surface area contributed by atoms with E-state index in [2.05, 4.69) is 20.8 Å². The predicted octanol–water partition coefficient (Wildman–Crippen LogP) is 4.78. The summed E-state index contributed by atoms with van der Waals surface area (Å²) < 4.78 is 5.93. The van der Waals surface area contributed by atoms with Crippen molar-refractivity contribution in [3.05, 3.63) is 59.2 Å². The summed E-state index contributed by atoms with van der Waals surface area (Å²) in [4.78, 5) is 11.3. The van der Waals surface area contributed by atoms with Crippen LogP contribution in [0.4, 0.5) is 0 Å². The lowest BCUT2D eigenvalue weighted by molar-refractivity contribution is 0.0694. The van der Waals surface area contributed by atoms with Gasteiger partial charge in [-0.05, 0) is 36.1 Å². The van der Waals surface area contributed by atoms with Crippen molar-refractivity contribution >= 4 is 5.97 Å². The highest BCUT2D eigenvalue weighted by atomic mass is 16.5. The van der Waals surface area contributed by atoms with Gasteiger partial charge in [-0.3, -0.25) is 0 Å². The summed E-state index contributed by atoms with van der Waals surface area (Å²) in [6.45, 7) is 8.30. The zero-order valence-corrected chi connectivity index (χ0v) is 12.8. The standard InChI is InChI=1S/C18H20O3/c1-12-9-10-14(18(2,3)4)16(11-12)21-15-8-6-5-7-13(15)17(19)20/h5-11H,1-4H3,(H,19,20). The van der Waals surface area contributed by atoms with Crippen LogP contribution in [0.2, 0.25) is 0 Å². The number of ether oxygens (including phenoxy) is 1. The van der Waals surface area contributed by atoms with E-state index in [1.807, 2.05) is 25.1 Å². The third-order valence-corrected chi connectivity index (χ3v) is 3.28. The van der Waals surface area contributed by atoms with Crippen molar-refractivity contribution in [2.45, 2.75) is 33.1 Å². The first-order valence-electron chi connectivity index (χ1n) is 6.90. The van der Waals surface area contributed by atoms with Gasteiger partial charge in [0, 0.05) is 5.56 Å². The Balaban J connectivity index is 2.49. The Kier molecular flexibility index (Phi) is 4.03. The van der Waals surface area contributed by atoms with Crippen LogP contribution in [0.3, 0.4) is 0 Å². The molecule has 0 heterocycles. The van der Waals surface area contributed by atoms with Gasteiger partial charge in [-0.2, -0.15) is 0 Å². The molecule has 2 aromatic rings. The molecule has 0 aliphatic heterocycles. The minimum Gasteiger partial charge on any atom is -0.478 e. The number of aryl methyl sites for hydroxylation is 1. The Hall–Kier alpha value is -2.29. The molecule has 3 heteroatoms. The van der Waals surface area contributed by atoms with Crippen LogP contribution in [0.25, 0.3) is 0 Å². The zero-order valence-electron chi connectivity index (χ0n) is 12.8. The molecule has 2 aromatic carbocycles.